The highest BCUT2D eigenvalue weighted by atomic mass is 35.5. The Morgan fingerprint density at radius 2 is 1.96 bits per heavy atom. The molecule has 1 heterocycles. The first-order valence-electron chi connectivity index (χ1n) is 6.68. The minimum Gasteiger partial charge on any atom is -0.267 e. The molecule has 10 heteroatoms. The number of aryl methyl sites for hydroxylation is 1. The van der Waals surface area contributed by atoms with Gasteiger partial charge < -0.3 is 0 Å². The molecule has 0 fully saturated rings. The van der Waals surface area contributed by atoms with Crippen LogP contribution < -0.4 is 0 Å². The fraction of sp³-hybridized carbons (Fsp3) is 0.308. The summed E-state index contributed by atoms with van der Waals surface area (Å²) < 4.78 is 27.8. The molecule has 0 unspecified atom stereocenters. The monoisotopic (exact) mass is 358 g/mol. The van der Waals surface area contributed by atoms with Crippen molar-refractivity contribution in [3.05, 3.63) is 51.3 Å². The lowest BCUT2D eigenvalue weighted by atomic mass is 10.3. The van der Waals surface area contributed by atoms with Gasteiger partial charge in [-0.1, -0.05) is 11.6 Å². The predicted molar refractivity (Wildman–Crippen MR) is 84.7 cm³/mol. The summed E-state index contributed by atoms with van der Waals surface area (Å²) in [5, 5.41) is 15.1. The molecule has 23 heavy (non-hydrogen) atoms. The summed E-state index contributed by atoms with van der Waals surface area (Å²) in [5.74, 6) is 0. The first-order valence-corrected chi connectivity index (χ1v) is 8.50. The molecule has 2 aromatic rings. The quantitative estimate of drug-likeness (QED) is 0.582. The van der Waals surface area contributed by atoms with E-state index in [1.54, 1.807) is 4.68 Å². The molecule has 124 valence electrons. The van der Waals surface area contributed by atoms with Crippen molar-refractivity contribution in [1.82, 2.24) is 14.1 Å². The molecular formula is C13H15ClN4O4S. The van der Waals surface area contributed by atoms with Crippen molar-refractivity contribution < 1.29 is 13.3 Å². The van der Waals surface area contributed by atoms with Crippen LogP contribution in [-0.2, 0) is 23.1 Å². The van der Waals surface area contributed by atoms with Crippen molar-refractivity contribution in [1.29, 1.82) is 0 Å². The second-order valence-corrected chi connectivity index (χ2v) is 7.22. The van der Waals surface area contributed by atoms with Gasteiger partial charge in [-0.3, -0.25) is 14.8 Å². The van der Waals surface area contributed by atoms with Crippen molar-refractivity contribution >= 4 is 27.3 Å². The lowest BCUT2D eigenvalue weighted by Gasteiger charge is -2.18. The largest absolute Gasteiger partial charge is 0.269 e. The number of sulfonamides is 1. The average Bonchev–Trinajstić information content (AvgIpc) is 2.87. The van der Waals surface area contributed by atoms with Crippen molar-refractivity contribution in [3.8, 4) is 0 Å². The lowest BCUT2D eigenvalue weighted by molar-refractivity contribution is -0.384. The molecular weight excluding hydrogens is 344 g/mol. The van der Waals surface area contributed by atoms with E-state index in [0.717, 1.165) is 16.4 Å². The summed E-state index contributed by atoms with van der Waals surface area (Å²) >= 11 is 6.04. The van der Waals surface area contributed by atoms with Gasteiger partial charge >= 0.3 is 0 Å². The predicted octanol–water partition coefficient (Wildman–Crippen LogP) is 2.29. The van der Waals surface area contributed by atoms with Crippen molar-refractivity contribution in [2.24, 2.45) is 0 Å². The molecule has 0 spiro atoms. The minimum atomic E-state index is -3.79. The van der Waals surface area contributed by atoms with Gasteiger partial charge in [-0.25, -0.2) is 8.42 Å². The molecule has 0 aliphatic heterocycles. The Bertz CT molecular complexity index is 817. The molecule has 0 amide bonds. The number of non-ortho nitro benzene ring substituents is 1. The Hall–Kier alpha value is -1.97. The topological polar surface area (TPSA) is 98.3 Å². The van der Waals surface area contributed by atoms with Crippen LogP contribution in [0.4, 0.5) is 5.69 Å². The maximum absolute atomic E-state index is 12.5. The van der Waals surface area contributed by atoms with Crippen molar-refractivity contribution in [3.63, 3.8) is 0 Å². The molecule has 0 aliphatic rings. The first kappa shape index (κ1) is 17.4. The van der Waals surface area contributed by atoms with E-state index in [9.17, 15) is 18.5 Å². The van der Waals surface area contributed by atoms with Gasteiger partial charge in [-0.15, -0.1) is 0 Å². The molecule has 0 aliphatic carbocycles. The smallest absolute Gasteiger partial charge is 0.267 e. The van der Waals surface area contributed by atoms with Crippen LogP contribution in [0.25, 0.3) is 0 Å². The Morgan fingerprint density at radius 1 is 1.35 bits per heavy atom. The zero-order valence-electron chi connectivity index (χ0n) is 12.5. The average molecular weight is 359 g/mol. The molecule has 0 saturated heterocycles. The Morgan fingerprint density at radius 3 is 2.48 bits per heavy atom. The number of nitro benzene ring substituents is 1. The number of hydrogen-bond acceptors (Lipinski definition) is 5. The van der Waals surface area contributed by atoms with Gasteiger partial charge in [-0.05, 0) is 19.1 Å². The van der Waals surface area contributed by atoms with E-state index in [1.807, 2.05) is 6.92 Å². The normalized spacial score (nSPS) is 11.8. The maximum Gasteiger partial charge on any atom is 0.269 e. The van der Waals surface area contributed by atoms with Gasteiger partial charge in [0.15, 0.2) is 0 Å². The zero-order chi connectivity index (χ0) is 17.2. The van der Waals surface area contributed by atoms with E-state index in [2.05, 4.69) is 5.10 Å². The number of nitro groups is 1. The van der Waals surface area contributed by atoms with Crippen LogP contribution in [-0.4, -0.2) is 34.5 Å². The van der Waals surface area contributed by atoms with Crippen molar-refractivity contribution in [2.45, 2.75) is 24.9 Å². The molecule has 8 nitrogen and oxygen atoms in total. The summed E-state index contributed by atoms with van der Waals surface area (Å²) in [6, 6.07) is 4.74. The highest BCUT2D eigenvalue weighted by molar-refractivity contribution is 7.89. The third-order valence-corrected chi connectivity index (χ3v) is 5.46. The highest BCUT2D eigenvalue weighted by Crippen LogP contribution is 2.22. The molecule has 1 aromatic heterocycles. The van der Waals surface area contributed by atoms with E-state index in [1.165, 1.54) is 25.4 Å². The van der Waals surface area contributed by atoms with Gasteiger partial charge in [0.1, 0.15) is 0 Å². The van der Waals surface area contributed by atoms with Crippen LogP contribution in [0.3, 0.4) is 0 Å². The highest BCUT2D eigenvalue weighted by Gasteiger charge is 2.24. The third-order valence-electron chi connectivity index (χ3n) is 3.33. The SMILES string of the molecule is CCn1ncc(Cl)c1CN(C)S(=O)(=O)c1ccc([N+](=O)[O-])cc1. The van der Waals surface area contributed by atoms with Crippen LogP contribution in [0.15, 0.2) is 35.4 Å². The fourth-order valence-electron chi connectivity index (χ4n) is 2.03. The van der Waals surface area contributed by atoms with Crippen LogP contribution in [0.5, 0.6) is 0 Å². The minimum absolute atomic E-state index is 0.0238. The summed E-state index contributed by atoms with van der Waals surface area (Å²) in [4.78, 5) is 10.0. The Balaban J connectivity index is 2.28. The number of rotatable bonds is 6. The summed E-state index contributed by atoms with van der Waals surface area (Å²) in [5.41, 5.74) is 0.417. The van der Waals surface area contributed by atoms with Gasteiger partial charge in [0.25, 0.3) is 5.69 Å². The second-order valence-electron chi connectivity index (χ2n) is 4.77. The molecule has 1 aromatic carbocycles. The number of hydrogen-bond donors (Lipinski definition) is 0. The van der Waals surface area contributed by atoms with Crippen LogP contribution in [0, 0.1) is 10.1 Å². The molecule has 2 rings (SSSR count). The number of aromatic nitrogens is 2. The Kier molecular flexibility index (Phi) is 5.03. The van der Waals surface area contributed by atoms with Gasteiger partial charge in [-0.2, -0.15) is 9.40 Å². The standard InChI is InChI=1S/C13H15ClN4O4S/c1-3-17-13(12(14)8-15-17)9-16(2)23(21,22)11-6-4-10(5-7-11)18(19)20/h4-8H,3,9H2,1-2H3. The fourth-order valence-corrected chi connectivity index (χ4v) is 3.37. The van der Waals surface area contributed by atoms with Gasteiger partial charge in [0, 0.05) is 25.7 Å². The summed E-state index contributed by atoms with van der Waals surface area (Å²) in [7, 11) is -2.37. The Labute approximate surface area is 138 Å². The maximum atomic E-state index is 12.5. The second kappa shape index (κ2) is 6.65. The third kappa shape index (κ3) is 3.52. The molecule has 0 N–H and O–H groups in total. The van der Waals surface area contributed by atoms with Gasteiger partial charge in [0.05, 0.1) is 33.3 Å². The molecule has 0 saturated carbocycles. The molecule has 0 bridgehead atoms. The van der Waals surface area contributed by atoms with Crippen LogP contribution in [0.2, 0.25) is 5.02 Å². The summed E-state index contributed by atoms with van der Waals surface area (Å²) in [6.45, 7) is 2.48. The van der Waals surface area contributed by atoms with E-state index in [0.29, 0.717) is 17.3 Å². The van der Waals surface area contributed by atoms with E-state index in [4.69, 9.17) is 11.6 Å². The van der Waals surface area contributed by atoms with Crippen LogP contribution >= 0.6 is 11.6 Å². The number of halogens is 1. The molecule has 0 radical (unpaired) electrons. The first-order chi connectivity index (χ1) is 10.8. The van der Waals surface area contributed by atoms with Gasteiger partial charge in [0.2, 0.25) is 10.0 Å². The van der Waals surface area contributed by atoms with Crippen LogP contribution in [0.1, 0.15) is 12.6 Å². The molecule has 0 atom stereocenters. The van der Waals surface area contributed by atoms with E-state index < -0.39 is 14.9 Å². The number of nitrogens with zero attached hydrogens (tertiary/aromatic N) is 4. The number of benzene rings is 1. The lowest BCUT2D eigenvalue weighted by Crippen LogP contribution is -2.27. The zero-order valence-corrected chi connectivity index (χ0v) is 14.1. The van der Waals surface area contributed by atoms with Crippen molar-refractivity contribution in [2.75, 3.05) is 7.05 Å². The summed E-state index contributed by atoms with van der Waals surface area (Å²) in [6.07, 6.45) is 1.47. The van der Waals surface area contributed by atoms with E-state index >= 15 is 0 Å². The van der Waals surface area contributed by atoms with E-state index in [-0.39, 0.29) is 17.1 Å².